The lowest BCUT2D eigenvalue weighted by Crippen LogP contribution is -2.42. The van der Waals surface area contributed by atoms with E-state index in [2.05, 4.69) is 15.2 Å². The first-order valence-corrected chi connectivity index (χ1v) is 9.82. The van der Waals surface area contributed by atoms with Crippen molar-refractivity contribution in [2.45, 2.75) is 31.1 Å². The molecule has 3 heterocycles. The van der Waals surface area contributed by atoms with Crippen LogP contribution in [0.25, 0.3) is 10.9 Å². The zero-order valence-electron chi connectivity index (χ0n) is 16.3. The van der Waals surface area contributed by atoms with E-state index < -0.39 is 12.2 Å². The van der Waals surface area contributed by atoms with Crippen LogP contribution >= 0.6 is 0 Å². The molecular formula is C21H24FN5O2. The van der Waals surface area contributed by atoms with Crippen LogP contribution in [-0.4, -0.2) is 72.2 Å². The Labute approximate surface area is 169 Å². The van der Waals surface area contributed by atoms with Crippen molar-refractivity contribution in [3.63, 3.8) is 0 Å². The maximum Gasteiger partial charge on any atom is 0.237 e. The van der Waals surface area contributed by atoms with Crippen molar-refractivity contribution in [1.82, 2.24) is 14.8 Å². The summed E-state index contributed by atoms with van der Waals surface area (Å²) in [5, 5.41) is 13.7. The van der Waals surface area contributed by atoms with Crippen molar-refractivity contribution in [2.24, 2.45) is 0 Å². The maximum atomic E-state index is 13.6. The number of benzene rings is 1. The number of amides is 1. The van der Waals surface area contributed by atoms with E-state index >= 15 is 0 Å². The first-order valence-electron chi connectivity index (χ1n) is 9.82. The molecule has 2 aliphatic rings. The molecule has 0 unspecified atom stereocenters. The normalized spacial score (nSPS) is 24.6. The minimum atomic E-state index is -1.10. The molecule has 152 valence electrons. The lowest BCUT2D eigenvalue weighted by Gasteiger charge is -2.23. The molecule has 4 rings (SSSR count). The second-order valence-corrected chi connectivity index (χ2v) is 7.64. The van der Waals surface area contributed by atoms with Crippen LogP contribution in [0.1, 0.15) is 12.8 Å². The van der Waals surface area contributed by atoms with Crippen molar-refractivity contribution < 1.29 is 13.9 Å². The van der Waals surface area contributed by atoms with E-state index in [0.29, 0.717) is 12.3 Å². The molecule has 3 atom stereocenters. The van der Waals surface area contributed by atoms with E-state index in [0.717, 1.165) is 29.6 Å². The van der Waals surface area contributed by atoms with Crippen LogP contribution in [-0.2, 0) is 4.79 Å². The van der Waals surface area contributed by atoms with E-state index in [1.54, 1.807) is 13.3 Å². The van der Waals surface area contributed by atoms with Gasteiger partial charge in [0.15, 0.2) is 0 Å². The number of nitriles is 1. The highest BCUT2D eigenvalue weighted by Crippen LogP contribution is 2.27. The Kier molecular flexibility index (Phi) is 5.49. The average Bonchev–Trinajstić information content (AvgIpc) is 3.33. The molecule has 7 nitrogen and oxygen atoms in total. The Bertz CT molecular complexity index is 946. The highest BCUT2D eigenvalue weighted by atomic mass is 19.1. The summed E-state index contributed by atoms with van der Waals surface area (Å²) >= 11 is 0. The van der Waals surface area contributed by atoms with Crippen LogP contribution in [0.4, 0.5) is 10.1 Å². The minimum Gasteiger partial charge on any atom is -0.495 e. The Morgan fingerprint density at radius 2 is 2.31 bits per heavy atom. The predicted molar refractivity (Wildman–Crippen MR) is 107 cm³/mol. The van der Waals surface area contributed by atoms with Crippen LogP contribution in [0.5, 0.6) is 5.75 Å². The number of ether oxygens (including phenoxy) is 1. The highest BCUT2D eigenvalue weighted by Gasteiger charge is 2.36. The standard InChI is InChI=1S/C21H24FN5O2/c1-29-17-8-18-19(24-10-17)3-2-4-20(18)25-15-5-6-26(12-15)13-21(28)27-11-14(22)7-16(27)9-23/h2-4,8,10,14-16,25H,5-7,11-13H2,1H3/t14-,15+,16-/m0/s1. The number of likely N-dealkylation sites (tertiary alicyclic amines) is 2. The molecule has 2 fully saturated rings. The van der Waals surface area contributed by atoms with Crippen molar-refractivity contribution in [2.75, 3.05) is 38.6 Å². The Hall–Kier alpha value is -2.92. The lowest BCUT2D eigenvalue weighted by atomic mass is 10.1. The van der Waals surface area contributed by atoms with Crippen LogP contribution in [0, 0.1) is 11.3 Å². The molecule has 8 heteroatoms. The van der Waals surface area contributed by atoms with E-state index in [-0.39, 0.29) is 31.5 Å². The zero-order chi connectivity index (χ0) is 20.4. The number of rotatable bonds is 5. The van der Waals surface area contributed by atoms with E-state index in [9.17, 15) is 9.18 Å². The summed E-state index contributed by atoms with van der Waals surface area (Å²) in [5.74, 6) is 0.533. The third-order valence-electron chi connectivity index (χ3n) is 5.65. The number of carbonyl (C=O) groups excluding carboxylic acids is 1. The average molecular weight is 397 g/mol. The number of methoxy groups -OCH3 is 1. The van der Waals surface area contributed by atoms with Crippen LogP contribution in [0.15, 0.2) is 30.5 Å². The molecule has 2 aliphatic heterocycles. The molecule has 29 heavy (non-hydrogen) atoms. The minimum absolute atomic E-state index is 0.0252. The van der Waals surface area contributed by atoms with Gasteiger partial charge in [0.25, 0.3) is 0 Å². The molecule has 1 aromatic carbocycles. The van der Waals surface area contributed by atoms with Crippen LogP contribution < -0.4 is 10.1 Å². The lowest BCUT2D eigenvalue weighted by molar-refractivity contribution is -0.132. The molecule has 0 radical (unpaired) electrons. The molecule has 0 bridgehead atoms. The van der Waals surface area contributed by atoms with Crippen LogP contribution in [0.3, 0.4) is 0 Å². The fourth-order valence-electron chi connectivity index (χ4n) is 4.15. The number of anilines is 1. The monoisotopic (exact) mass is 397 g/mol. The van der Waals surface area contributed by atoms with Gasteiger partial charge in [-0.15, -0.1) is 0 Å². The second-order valence-electron chi connectivity index (χ2n) is 7.64. The van der Waals surface area contributed by atoms with Crippen molar-refractivity contribution >= 4 is 22.5 Å². The molecule has 0 spiro atoms. The molecular weight excluding hydrogens is 373 g/mol. The molecule has 0 aliphatic carbocycles. The topological polar surface area (TPSA) is 81.5 Å². The van der Waals surface area contributed by atoms with Gasteiger partial charge in [-0.3, -0.25) is 14.7 Å². The fourth-order valence-corrected chi connectivity index (χ4v) is 4.15. The number of hydrogen-bond acceptors (Lipinski definition) is 6. The van der Waals surface area contributed by atoms with Gasteiger partial charge >= 0.3 is 0 Å². The van der Waals surface area contributed by atoms with Crippen molar-refractivity contribution in [3.8, 4) is 11.8 Å². The number of carbonyl (C=O) groups is 1. The van der Waals surface area contributed by atoms with Gasteiger partial charge in [0.1, 0.15) is 18.0 Å². The van der Waals surface area contributed by atoms with E-state index in [1.165, 1.54) is 4.90 Å². The van der Waals surface area contributed by atoms with Gasteiger partial charge in [-0.05, 0) is 24.6 Å². The number of nitrogens with zero attached hydrogens (tertiary/aromatic N) is 4. The summed E-state index contributed by atoms with van der Waals surface area (Å²) in [4.78, 5) is 20.4. The quantitative estimate of drug-likeness (QED) is 0.833. The Morgan fingerprint density at radius 1 is 1.45 bits per heavy atom. The van der Waals surface area contributed by atoms with Gasteiger partial charge in [-0.25, -0.2) is 4.39 Å². The third-order valence-corrected chi connectivity index (χ3v) is 5.65. The number of aromatic nitrogens is 1. The summed E-state index contributed by atoms with van der Waals surface area (Å²) in [6, 6.07) is 9.48. The van der Waals surface area contributed by atoms with E-state index in [1.807, 2.05) is 30.3 Å². The maximum absolute atomic E-state index is 13.6. The highest BCUT2D eigenvalue weighted by molar-refractivity contribution is 5.92. The zero-order valence-corrected chi connectivity index (χ0v) is 16.3. The Balaban J connectivity index is 1.39. The van der Waals surface area contributed by atoms with E-state index in [4.69, 9.17) is 10.00 Å². The third kappa shape index (κ3) is 4.10. The van der Waals surface area contributed by atoms with Gasteiger partial charge < -0.3 is 15.0 Å². The van der Waals surface area contributed by atoms with Gasteiger partial charge in [0.05, 0.1) is 38.0 Å². The van der Waals surface area contributed by atoms with Gasteiger partial charge in [0, 0.05) is 36.6 Å². The number of nitrogens with one attached hydrogen (secondary N) is 1. The summed E-state index contributed by atoms with van der Waals surface area (Å²) < 4.78 is 18.9. The molecule has 2 saturated heterocycles. The first-order chi connectivity index (χ1) is 14.1. The molecule has 2 aromatic rings. The largest absolute Gasteiger partial charge is 0.495 e. The number of fused-ring (bicyclic) bond motifs is 1. The molecule has 1 N–H and O–H groups in total. The van der Waals surface area contributed by atoms with Gasteiger partial charge in [-0.2, -0.15) is 5.26 Å². The SMILES string of the molecule is COc1cnc2cccc(N[C@@H]3CCN(CC(=O)N4C[C@@H](F)C[C@H]4C#N)C3)c2c1. The number of hydrogen-bond donors (Lipinski definition) is 1. The molecule has 0 saturated carbocycles. The fraction of sp³-hybridized carbons (Fsp3) is 0.476. The number of pyridine rings is 1. The smallest absolute Gasteiger partial charge is 0.237 e. The van der Waals surface area contributed by atoms with Crippen molar-refractivity contribution in [1.29, 1.82) is 5.26 Å². The number of halogens is 1. The summed E-state index contributed by atoms with van der Waals surface area (Å²) in [7, 11) is 1.62. The summed E-state index contributed by atoms with van der Waals surface area (Å²) in [6.45, 7) is 1.73. The Morgan fingerprint density at radius 3 is 3.10 bits per heavy atom. The van der Waals surface area contributed by atoms with Crippen molar-refractivity contribution in [3.05, 3.63) is 30.5 Å². The summed E-state index contributed by atoms with van der Waals surface area (Å²) in [6.07, 6.45) is 1.61. The van der Waals surface area contributed by atoms with Crippen LogP contribution in [0.2, 0.25) is 0 Å². The summed E-state index contributed by atoms with van der Waals surface area (Å²) in [5.41, 5.74) is 1.87. The molecule has 1 amide bonds. The van der Waals surface area contributed by atoms with Gasteiger partial charge in [0.2, 0.25) is 5.91 Å². The first kappa shape index (κ1) is 19.4. The predicted octanol–water partition coefficient (Wildman–Crippen LogP) is 2.19. The molecule has 1 aromatic heterocycles. The number of alkyl halides is 1. The van der Waals surface area contributed by atoms with Gasteiger partial charge in [-0.1, -0.05) is 6.07 Å². The second kappa shape index (κ2) is 8.21.